The minimum absolute atomic E-state index is 0.134. The lowest BCUT2D eigenvalue weighted by molar-refractivity contribution is -0.139. The summed E-state index contributed by atoms with van der Waals surface area (Å²) in [4.78, 5) is 36.0. The molecular formula is C28H30N4O4. The highest BCUT2D eigenvalue weighted by molar-refractivity contribution is 6.35. The number of rotatable bonds is 10. The topological polar surface area (TPSA) is 109 Å². The highest BCUT2D eigenvalue weighted by Crippen LogP contribution is 2.14. The standard InChI is InChI=1S/C28H30N4O4/c1-20(2)24-13-11-22(12-14-24)17-30-27(34)28(35)32-31-18-23-9-6-10-25(15-23)36-19-26(33)29-16-21-7-4-3-5-8-21/h3-15,18,20H,16-17,19H2,1-2H3,(H,29,33)(H,30,34)(H,32,35)/b31-18-. The summed E-state index contributed by atoms with van der Waals surface area (Å²) in [5.41, 5.74) is 5.94. The molecule has 186 valence electrons. The highest BCUT2D eigenvalue weighted by atomic mass is 16.5. The van der Waals surface area contributed by atoms with E-state index in [4.69, 9.17) is 4.74 Å². The summed E-state index contributed by atoms with van der Waals surface area (Å²) in [5, 5.41) is 9.19. The largest absolute Gasteiger partial charge is 0.484 e. The maximum absolute atomic E-state index is 12.0. The molecule has 36 heavy (non-hydrogen) atoms. The van der Waals surface area contributed by atoms with Crippen LogP contribution in [0.4, 0.5) is 0 Å². The van der Waals surface area contributed by atoms with Gasteiger partial charge in [0.2, 0.25) is 0 Å². The Morgan fingerprint density at radius 1 is 0.833 bits per heavy atom. The van der Waals surface area contributed by atoms with Crippen LogP contribution in [-0.4, -0.2) is 30.5 Å². The first-order valence-electron chi connectivity index (χ1n) is 11.6. The predicted molar refractivity (Wildman–Crippen MR) is 138 cm³/mol. The Hall–Kier alpha value is -4.46. The monoisotopic (exact) mass is 486 g/mol. The number of nitrogens with zero attached hydrogens (tertiary/aromatic N) is 1. The van der Waals surface area contributed by atoms with E-state index in [1.165, 1.54) is 11.8 Å². The molecule has 0 spiro atoms. The number of nitrogens with one attached hydrogen (secondary N) is 3. The van der Waals surface area contributed by atoms with E-state index in [0.717, 1.165) is 11.1 Å². The third-order valence-electron chi connectivity index (χ3n) is 5.25. The minimum atomic E-state index is -0.868. The molecule has 3 N–H and O–H groups in total. The molecule has 0 radical (unpaired) electrons. The first-order chi connectivity index (χ1) is 17.4. The van der Waals surface area contributed by atoms with Gasteiger partial charge in [-0.1, -0.05) is 80.6 Å². The van der Waals surface area contributed by atoms with Gasteiger partial charge in [0.1, 0.15) is 5.75 Å². The zero-order valence-electron chi connectivity index (χ0n) is 20.4. The van der Waals surface area contributed by atoms with Crippen molar-refractivity contribution in [1.82, 2.24) is 16.1 Å². The molecule has 3 aromatic carbocycles. The van der Waals surface area contributed by atoms with Crippen molar-refractivity contribution < 1.29 is 19.1 Å². The molecule has 8 heteroatoms. The summed E-state index contributed by atoms with van der Waals surface area (Å²) < 4.78 is 5.53. The fraction of sp³-hybridized carbons (Fsp3) is 0.214. The van der Waals surface area contributed by atoms with Crippen molar-refractivity contribution in [3.05, 3.63) is 101 Å². The maximum atomic E-state index is 12.0. The Labute approximate surface area is 210 Å². The Kier molecular flexibility index (Phi) is 9.76. The average molecular weight is 487 g/mol. The summed E-state index contributed by atoms with van der Waals surface area (Å²) in [6.45, 7) is 4.75. The molecular weight excluding hydrogens is 456 g/mol. The smallest absolute Gasteiger partial charge is 0.329 e. The van der Waals surface area contributed by atoms with E-state index >= 15 is 0 Å². The summed E-state index contributed by atoms with van der Waals surface area (Å²) in [5.74, 6) is -0.992. The van der Waals surface area contributed by atoms with Crippen LogP contribution in [0.1, 0.15) is 42.0 Å². The fourth-order valence-electron chi connectivity index (χ4n) is 3.18. The number of ether oxygens (including phenoxy) is 1. The van der Waals surface area contributed by atoms with Gasteiger partial charge < -0.3 is 15.4 Å². The van der Waals surface area contributed by atoms with Crippen LogP contribution >= 0.6 is 0 Å². The number of hydrogen-bond donors (Lipinski definition) is 3. The third-order valence-corrected chi connectivity index (χ3v) is 5.25. The van der Waals surface area contributed by atoms with Gasteiger partial charge in [0, 0.05) is 13.1 Å². The summed E-state index contributed by atoms with van der Waals surface area (Å²) in [6.07, 6.45) is 1.39. The molecule has 0 bridgehead atoms. The zero-order valence-corrected chi connectivity index (χ0v) is 20.4. The Morgan fingerprint density at radius 2 is 1.53 bits per heavy atom. The second-order valence-electron chi connectivity index (χ2n) is 8.40. The van der Waals surface area contributed by atoms with E-state index in [1.807, 2.05) is 54.6 Å². The van der Waals surface area contributed by atoms with E-state index < -0.39 is 11.8 Å². The van der Waals surface area contributed by atoms with Gasteiger partial charge in [-0.25, -0.2) is 5.43 Å². The van der Waals surface area contributed by atoms with Crippen molar-refractivity contribution in [2.75, 3.05) is 6.61 Å². The number of carbonyl (C=O) groups excluding carboxylic acids is 3. The van der Waals surface area contributed by atoms with Gasteiger partial charge in [0.25, 0.3) is 5.91 Å². The van der Waals surface area contributed by atoms with E-state index in [9.17, 15) is 14.4 Å². The van der Waals surface area contributed by atoms with E-state index in [-0.39, 0.29) is 19.1 Å². The number of amides is 3. The van der Waals surface area contributed by atoms with Crippen LogP contribution in [0.3, 0.4) is 0 Å². The predicted octanol–water partition coefficient (Wildman–Crippen LogP) is 3.27. The number of carbonyl (C=O) groups is 3. The van der Waals surface area contributed by atoms with Crippen molar-refractivity contribution >= 4 is 23.9 Å². The van der Waals surface area contributed by atoms with Gasteiger partial charge in [-0.05, 0) is 40.3 Å². The maximum Gasteiger partial charge on any atom is 0.329 e. The molecule has 0 saturated carbocycles. The van der Waals surface area contributed by atoms with Crippen LogP contribution in [0.15, 0.2) is 84.0 Å². The molecule has 0 aliphatic carbocycles. The quantitative estimate of drug-likeness (QED) is 0.232. The van der Waals surface area contributed by atoms with Crippen LogP contribution in [-0.2, 0) is 27.5 Å². The Morgan fingerprint density at radius 3 is 2.25 bits per heavy atom. The third kappa shape index (κ3) is 8.72. The van der Waals surface area contributed by atoms with Crippen molar-refractivity contribution in [1.29, 1.82) is 0 Å². The van der Waals surface area contributed by atoms with Crippen LogP contribution in [0.5, 0.6) is 5.75 Å². The lowest BCUT2D eigenvalue weighted by atomic mass is 10.0. The van der Waals surface area contributed by atoms with Gasteiger partial charge >= 0.3 is 11.8 Å². The van der Waals surface area contributed by atoms with Crippen LogP contribution < -0.4 is 20.8 Å². The van der Waals surface area contributed by atoms with E-state index in [0.29, 0.717) is 23.8 Å². The second-order valence-corrected chi connectivity index (χ2v) is 8.40. The molecule has 0 fully saturated rings. The molecule has 3 amide bonds. The molecule has 8 nitrogen and oxygen atoms in total. The van der Waals surface area contributed by atoms with Gasteiger partial charge in [-0.3, -0.25) is 14.4 Å². The minimum Gasteiger partial charge on any atom is -0.484 e. The normalized spacial score (nSPS) is 10.8. The number of hydrazone groups is 1. The van der Waals surface area contributed by atoms with Gasteiger partial charge in [0.15, 0.2) is 6.61 Å². The van der Waals surface area contributed by atoms with E-state index in [1.54, 1.807) is 24.3 Å². The van der Waals surface area contributed by atoms with Gasteiger partial charge in [-0.15, -0.1) is 0 Å². The first kappa shape index (κ1) is 26.2. The summed E-state index contributed by atoms with van der Waals surface area (Å²) >= 11 is 0. The van der Waals surface area contributed by atoms with Gasteiger partial charge in [0.05, 0.1) is 6.21 Å². The lowest BCUT2D eigenvalue weighted by Gasteiger charge is -2.08. The Bertz CT molecular complexity index is 1190. The highest BCUT2D eigenvalue weighted by Gasteiger charge is 2.12. The van der Waals surface area contributed by atoms with Crippen LogP contribution in [0.2, 0.25) is 0 Å². The van der Waals surface area contributed by atoms with Gasteiger partial charge in [-0.2, -0.15) is 5.10 Å². The summed E-state index contributed by atoms with van der Waals surface area (Å²) in [6, 6.07) is 24.3. The molecule has 0 heterocycles. The second kappa shape index (κ2) is 13.4. The van der Waals surface area contributed by atoms with Crippen LogP contribution in [0, 0.1) is 0 Å². The zero-order chi connectivity index (χ0) is 25.8. The molecule has 0 aromatic heterocycles. The fourth-order valence-corrected chi connectivity index (χ4v) is 3.18. The molecule has 0 aliphatic heterocycles. The van der Waals surface area contributed by atoms with Crippen molar-refractivity contribution in [2.45, 2.75) is 32.9 Å². The first-order valence-corrected chi connectivity index (χ1v) is 11.6. The SMILES string of the molecule is CC(C)c1ccc(CNC(=O)C(=O)N/N=C\c2cccc(OCC(=O)NCc3ccccc3)c2)cc1. The molecule has 3 aromatic rings. The Balaban J connectivity index is 1.40. The number of hydrogen-bond acceptors (Lipinski definition) is 5. The van der Waals surface area contributed by atoms with Crippen LogP contribution in [0.25, 0.3) is 0 Å². The van der Waals surface area contributed by atoms with Crippen molar-refractivity contribution in [2.24, 2.45) is 5.10 Å². The molecule has 0 atom stereocenters. The van der Waals surface area contributed by atoms with Crippen molar-refractivity contribution in [3.8, 4) is 5.75 Å². The molecule has 0 unspecified atom stereocenters. The van der Waals surface area contributed by atoms with E-state index in [2.05, 4.69) is 35.0 Å². The number of benzene rings is 3. The average Bonchev–Trinajstić information content (AvgIpc) is 2.90. The van der Waals surface area contributed by atoms with Crippen molar-refractivity contribution in [3.63, 3.8) is 0 Å². The molecule has 3 rings (SSSR count). The summed E-state index contributed by atoms with van der Waals surface area (Å²) in [7, 11) is 0. The molecule has 0 saturated heterocycles. The lowest BCUT2D eigenvalue weighted by Crippen LogP contribution is -2.37. The molecule has 0 aliphatic rings.